The largest absolute Gasteiger partial charge is 0.299 e. The van der Waals surface area contributed by atoms with Gasteiger partial charge in [-0.1, -0.05) is 24.3 Å². The maximum Gasteiger partial charge on any atom is 0.142 e. The second kappa shape index (κ2) is 2.33. The molecule has 1 saturated carbocycles. The van der Waals surface area contributed by atoms with Crippen LogP contribution in [-0.2, 0) is 4.79 Å². The van der Waals surface area contributed by atoms with Gasteiger partial charge < -0.3 is 0 Å². The Bertz CT molecular complexity index is 237. The van der Waals surface area contributed by atoms with Gasteiger partial charge in [0.05, 0.1) is 0 Å². The van der Waals surface area contributed by atoms with Gasteiger partial charge in [-0.2, -0.15) is 0 Å². The molecule has 2 aliphatic carbocycles. The molecule has 0 amide bonds. The maximum absolute atomic E-state index is 11.3. The van der Waals surface area contributed by atoms with Crippen molar-refractivity contribution in [2.75, 3.05) is 0 Å². The van der Waals surface area contributed by atoms with E-state index in [0.717, 1.165) is 25.7 Å². The molecule has 2 aliphatic rings. The standard InChI is InChI=1S/C10H12O/c11-9-5-8-10(9)6-3-1-2-4-7-10/h1-3,6H,4-5,7-8H2. The molecule has 0 bridgehead atoms. The van der Waals surface area contributed by atoms with E-state index in [4.69, 9.17) is 0 Å². The molecule has 0 N–H and O–H groups in total. The quantitative estimate of drug-likeness (QED) is 0.515. The van der Waals surface area contributed by atoms with Crippen molar-refractivity contribution in [1.29, 1.82) is 0 Å². The predicted octanol–water partition coefficient (Wildman–Crippen LogP) is 2.24. The molecule has 0 aromatic carbocycles. The molecular formula is C10H12O. The number of carbonyl (C=O) groups excluding carboxylic acids is 1. The minimum atomic E-state index is -0.0382. The molecule has 1 heteroatoms. The predicted molar refractivity (Wildman–Crippen MR) is 44.2 cm³/mol. The molecule has 11 heavy (non-hydrogen) atoms. The Balaban J connectivity index is 2.20. The molecule has 2 rings (SSSR count). The monoisotopic (exact) mass is 148 g/mol. The normalized spacial score (nSPS) is 35.5. The summed E-state index contributed by atoms with van der Waals surface area (Å²) in [5.41, 5.74) is -0.0382. The van der Waals surface area contributed by atoms with Crippen LogP contribution < -0.4 is 0 Å². The van der Waals surface area contributed by atoms with Crippen molar-refractivity contribution in [2.24, 2.45) is 5.41 Å². The van der Waals surface area contributed by atoms with E-state index in [1.165, 1.54) is 0 Å². The van der Waals surface area contributed by atoms with Crippen LogP contribution >= 0.6 is 0 Å². The zero-order valence-electron chi connectivity index (χ0n) is 6.55. The fraction of sp³-hybridized carbons (Fsp3) is 0.500. The first-order valence-electron chi connectivity index (χ1n) is 4.21. The molecule has 1 fully saturated rings. The van der Waals surface area contributed by atoms with Crippen molar-refractivity contribution >= 4 is 5.78 Å². The van der Waals surface area contributed by atoms with Gasteiger partial charge >= 0.3 is 0 Å². The van der Waals surface area contributed by atoms with Gasteiger partial charge in [-0.05, 0) is 19.3 Å². The van der Waals surface area contributed by atoms with Crippen LogP contribution in [-0.4, -0.2) is 5.78 Å². The van der Waals surface area contributed by atoms with Crippen LogP contribution in [0, 0.1) is 5.41 Å². The zero-order valence-corrected chi connectivity index (χ0v) is 6.55. The van der Waals surface area contributed by atoms with Gasteiger partial charge in [0.15, 0.2) is 0 Å². The maximum atomic E-state index is 11.3. The van der Waals surface area contributed by atoms with Crippen molar-refractivity contribution in [1.82, 2.24) is 0 Å². The van der Waals surface area contributed by atoms with E-state index < -0.39 is 0 Å². The topological polar surface area (TPSA) is 17.1 Å². The highest BCUT2D eigenvalue weighted by Gasteiger charge is 2.42. The summed E-state index contributed by atoms with van der Waals surface area (Å²) >= 11 is 0. The third kappa shape index (κ3) is 0.953. The lowest BCUT2D eigenvalue weighted by atomic mass is 9.65. The molecule has 1 spiro atoms. The van der Waals surface area contributed by atoms with Crippen LogP contribution in [0.25, 0.3) is 0 Å². The number of hydrogen-bond donors (Lipinski definition) is 0. The summed E-state index contributed by atoms with van der Waals surface area (Å²) < 4.78 is 0. The minimum absolute atomic E-state index is 0.0382. The Hall–Kier alpha value is -0.850. The average Bonchev–Trinajstić information content (AvgIpc) is 2.28. The summed E-state index contributed by atoms with van der Waals surface area (Å²) in [6.45, 7) is 0. The highest BCUT2D eigenvalue weighted by molar-refractivity contribution is 5.92. The lowest BCUT2D eigenvalue weighted by molar-refractivity contribution is -0.134. The SMILES string of the molecule is O=C1CCC12C=CC=CCC2. The van der Waals surface area contributed by atoms with Crippen LogP contribution in [0.4, 0.5) is 0 Å². The Morgan fingerprint density at radius 3 is 2.82 bits per heavy atom. The number of carbonyl (C=O) groups is 1. The number of hydrogen-bond acceptors (Lipinski definition) is 1. The van der Waals surface area contributed by atoms with E-state index in [-0.39, 0.29) is 5.41 Å². The molecular weight excluding hydrogens is 136 g/mol. The molecule has 0 aliphatic heterocycles. The molecule has 0 aromatic heterocycles. The highest BCUT2D eigenvalue weighted by atomic mass is 16.1. The summed E-state index contributed by atoms with van der Waals surface area (Å²) in [5.74, 6) is 0.442. The van der Waals surface area contributed by atoms with Gasteiger partial charge in [-0.15, -0.1) is 0 Å². The smallest absolute Gasteiger partial charge is 0.142 e. The first kappa shape index (κ1) is 6.84. The molecule has 1 nitrogen and oxygen atoms in total. The van der Waals surface area contributed by atoms with Gasteiger partial charge in [-0.25, -0.2) is 0 Å². The number of ketones is 1. The van der Waals surface area contributed by atoms with Gasteiger partial charge in [0.2, 0.25) is 0 Å². The van der Waals surface area contributed by atoms with Crippen LogP contribution in [0.3, 0.4) is 0 Å². The van der Waals surface area contributed by atoms with Crippen LogP contribution in [0.2, 0.25) is 0 Å². The Labute approximate surface area is 66.8 Å². The fourth-order valence-electron chi connectivity index (χ4n) is 1.83. The Kier molecular flexibility index (Phi) is 1.45. The van der Waals surface area contributed by atoms with Gasteiger partial charge in [-0.3, -0.25) is 4.79 Å². The minimum Gasteiger partial charge on any atom is -0.299 e. The van der Waals surface area contributed by atoms with Crippen molar-refractivity contribution in [2.45, 2.75) is 25.7 Å². The number of allylic oxidation sites excluding steroid dienone is 4. The third-order valence-electron chi connectivity index (χ3n) is 2.77. The first-order chi connectivity index (χ1) is 5.33. The van der Waals surface area contributed by atoms with E-state index >= 15 is 0 Å². The van der Waals surface area contributed by atoms with Crippen LogP contribution in [0.5, 0.6) is 0 Å². The number of rotatable bonds is 0. The highest BCUT2D eigenvalue weighted by Crippen LogP contribution is 2.43. The van der Waals surface area contributed by atoms with Gasteiger partial charge in [0.1, 0.15) is 5.78 Å². The van der Waals surface area contributed by atoms with E-state index in [1.807, 2.05) is 12.2 Å². The third-order valence-corrected chi connectivity index (χ3v) is 2.77. The second-order valence-electron chi connectivity index (χ2n) is 3.41. The number of Topliss-reactive ketones (excluding diaryl/α,β-unsaturated/α-hetero) is 1. The lowest BCUT2D eigenvalue weighted by Gasteiger charge is -2.36. The summed E-state index contributed by atoms with van der Waals surface area (Å²) in [4.78, 5) is 11.3. The molecule has 58 valence electrons. The van der Waals surface area contributed by atoms with E-state index in [2.05, 4.69) is 12.2 Å². The molecule has 0 radical (unpaired) electrons. The summed E-state index contributed by atoms with van der Waals surface area (Å²) in [6.07, 6.45) is 12.2. The van der Waals surface area contributed by atoms with Crippen molar-refractivity contribution in [3.63, 3.8) is 0 Å². The van der Waals surface area contributed by atoms with E-state index in [9.17, 15) is 4.79 Å². The van der Waals surface area contributed by atoms with Gasteiger partial charge in [0.25, 0.3) is 0 Å². The van der Waals surface area contributed by atoms with Crippen molar-refractivity contribution in [3.8, 4) is 0 Å². The average molecular weight is 148 g/mol. The molecule has 0 heterocycles. The van der Waals surface area contributed by atoms with Gasteiger partial charge in [0, 0.05) is 11.8 Å². The van der Waals surface area contributed by atoms with Crippen LogP contribution in [0.15, 0.2) is 24.3 Å². The van der Waals surface area contributed by atoms with E-state index in [1.54, 1.807) is 0 Å². The van der Waals surface area contributed by atoms with Crippen molar-refractivity contribution < 1.29 is 4.79 Å². The Morgan fingerprint density at radius 1 is 1.27 bits per heavy atom. The van der Waals surface area contributed by atoms with E-state index in [0.29, 0.717) is 5.78 Å². The first-order valence-corrected chi connectivity index (χ1v) is 4.21. The lowest BCUT2D eigenvalue weighted by Crippen LogP contribution is -2.38. The summed E-state index contributed by atoms with van der Waals surface area (Å²) in [6, 6.07) is 0. The molecule has 1 unspecified atom stereocenters. The molecule has 1 atom stereocenters. The molecule has 0 aromatic rings. The molecule has 0 saturated heterocycles. The zero-order chi connectivity index (χ0) is 7.73. The summed E-state index contributed by atoms with van der Waals surface area (Å²) in [5, 5.41) is 0. The fourth-order valence-corrected chi connectivity index (χ4v) is 1.83. The van der Waals surface area contributed by atoms with Crippen molar-refractivity contribution in [3.05, 3.63) is 24.3 Å². The van der Waals surface area contributed by atoms with Crippen LogP contribution in [0.1, 0.15) is 25.7 Å². The second-order valence-corrected chi connectivity index (χ2v) is 3.41. The summed E-state index contributed by atoms with van der Waals surface area (Å²) in [7, 11) is 0. The Morgan fingerprint density at radius 2 is 2.18 bits per heavy atom.